The highest BCUT2D eigenvalue weighted by atomic mass is 35.5. The van der Waals surface area contributed by atoms with E-state index in [1.807, 2.05) is 0 Å². The summed E-state index contributed by atoms with van der Waals surface area (Å²) in [5.41, 5.74) is -0.128. The number of hydrogen-bond donors (Lipinski definition) is 3. The van der Waals surface area contributed by atoms with Crippen molar-refractivity contribution in [1.29, 1.82) is 0 Å². The lowest BCUT2D eigenvalue weighted by Gasteiger charge is -2.30. The molecule has 260 valence electrons. The smallest absolute Gasteiger partial charge is 0.444 e. The van der Waals surface area contributed by atoms with Crippen LogP contribution in [0.2, 0.25) is 10.2 Å². The second-order valence-corrected chi connectivity index (χ2v) is 13.0. The van der Waals surface area contributed by atoms with E-state index in [0.717, 1.165) is 4.68 Å². The molecule has 0 unspecified atom stereocenters. The van der Waals surface area contributed by atoms with Gasteiger partial charge >= 0.3 is 12.4 Å². The number of amides is 3. The summed E-state index contributed by atoms with van der Waals surface area (Å²) >= 11 is 12.4. The molecule has 1 aromatic heterocycles. The second-order valence-electron chi connectivity index (χ2n) is 12.2. The molecule has 16 heteroatoms. The zero-order chi connectivity index (χ0) is 35.2. The molecular formula is C32H36Cl2F4N6O4. The maximum Gasteiger partial charge on any atom is 0.489 e. The molecule has 2 atom stereocenters. The van der Waals surface area contributed by atoms with Crippen LogP contribution in [-0.2, 0) is 9.53 Å². The van der Waals surface area contributed by atoms with Crippen molar-refractivity contribution in [2.45, 2.75) is 76.9 Å². The van der Waals surface area contributed by atoms with Gasteiger partial charge in [-0.1, -0.05) is 54.2 Å². The lowest BCUT2D eigenvalue weighted by Crippen LogP contribution is -2.48. The summed E-state index contributed by atoms with van der Waals surface area (Å²) in [4.78, 5) is 38.6. The predicted molar refractivity (Wildman–Crippen MR) is 173 cm³/mol. The number of carbonyl (C=O) groups excluding carboxylic acids is 3. The van der Waals surface area contributed by atoms with Crippen LogP contribution in [0, 0.1) is 5.82 Å². The topological polar surface area (TPSA) is 118 Å². The van der Waals surface area contributed by atoms with Gasteiger partial charge < -0.3 is 20.7 Å². The molecule has 0 spiro atoms. The first-order valence-corrected chi connectivity index (χ1v) is 16.0. The molecule has 2 aromatic carbocycles. The number of nitrogens with one attached hydrogen (secondary N) is 3. The monoisotopic (exact) mass is 714 g/mol. The molecule has 2 heterocycles. The lowest BCUT2D eigenvalue weighted by atomic mass is 9.99. The number of hydrogen-bond acceptors (Lipinski definition) is 6. The third kappa shape index (κ3) is 9.53. The summed E-state index contributed by atoms with van der Waals surface area (Å²) in [7, 11) is 0. The number of carbonyl (C=O) groups is 3. The standard InChI is InChI=1S/C32H36Cl2F4N6O4/c1-31(2,3)48-30(47)43(32(36,37)38)16-14-24-29(46)39-15-6-4-5-12-23(19-9-7-10-20(17-19)41-24)42-28(45)21-18-40-44(27(21)34)25-13-8-11-22(33)26(25)35/h7-11,13,17-18,23-24,41H,4-6,12,14-16H2,1-3H3,(H,39,46)(H,42,45)/t23-,24-/m0/s1. The molecule has 48 heavy (non-hydrogen) atoms. The molecule has 0 saturated carbocycles. The third-order valence-electron chi connectivity index (χ3n) is 7.40. The molecule has 10 nitrogen and oxygen atoms in total. The van der Waals surface area contributed by atoms with E-state index >= 15 is 0 Å². The molecule has 0 aliphatic carbocycles. The average Bonchev–Trinajstić information content (AvgIpc) is 3.38. The Morgan fingerprint density at radius 1 is 1.10 bits per heavy atom. The van der Waals surface area contributed by atoms with Crippen molar-refractivity contribution in [3.05, 3.63) is 75.8 Å². The Bertz CT molecular complexity index is 1630. The van der Waals surface area contributed by atoms with Crippen molar-refractivity contribution in [3.8, 4) is 5.69 Å². The minimum absolute atomic E-state index is 0.00213. The average molecular weight is 716 g/mol. The molecule has 1 aliphatic rings. The van der Waals surface area contributed by atoms with E-state index < -0.39 is 54.3 Å². The van der Waals surface area contributed by atoms with Crippen LogP contribution in [0.5, 0.6) is 0 Å². The van der Waals surface area contributed by atoms with Crippen molar-refractivity contribution in [1.82, 2.24) is 25.3 Å². The number of alkyl halides is 3. The van der Waals surface area contributed by atoms with Gasteiger partial charge in [-0.05, 0) is 69.9 Å². The lowest BCUT2D eigenvalue weighted by molar-refractivity contribution is -0.233. The highest BCUT2D eigenvalue weighted by molar-refractivity contribution is 6.33. The fourth-order valence-corrected chi connectivity index (χ4v) is 5.50. The van der Waals surface area contributed by atoms with E-state index in [1.54, 1.807) is 24.3 Å². The van der Waals surface area contributed by atoms with Crippen LogP contribution in [0.3, 0.4) is 0 Å². The quantitative estimate of drug-likeness (QED) is 0.181. The Balaban J connectivity index is 1.56. The van der Waals surface area contributed by atoms with E-state index in [1.165, 1.54) is 45.2 Å². The van der Waals surface area contributed by atoms with Gasteiger partial charge in [0.05, 0.1) is 22.8 Å². The second kappa shape index (κ2) is 15.5. The normalized spacial score (nSPS) is 17.6. The first-order valence-electron chi connectivity index (χ1n) is 15.3. The van der Waals surface area contributed by atoms with Crippen molar-refractivity contribution in [2.24, 2.45) is 0 Å². The molecule has 3 N–H and O–H groups in total. The van der Waals surface area contributed by atoms with Gasteiger partial charge in [0, 0.05) is 18.8 Å². The van der Waals surface area contributed by atoms with E-state index in [-0.39, 0.29) is 39.3 Å². The maximum atomic E-state index is 14.6. The van der Waals surface area contributed by atoms with Gasteiger partial charge in [-0.15, -0.1) is 13.2 Å². The highest BCUT2D eigenvalue weighted by Gasteiger charge is 2.43. The first-order chi connectivity index (χ1) is 22.5. The number of rotatable bonds is 6. The summed E-state index contributed by atoms with van der Waals surface area (Å²) in [5.74, 6) is -1.85. The minimum Gasteiger partial charge on any atom is -0.444 e. The van der Waals surface area contributed by atoms with Crippen LogP contribution in [0.15, 0.2) is 48.7 Å². The van der Waals surface area contributed by atoms with Gasteiger partial charge in [0.1, 0.15) is 22.5 Å². The Hall–Kier alpha value is -4.04. The van der Waals surface area contributed by atoms with Gasteiger partial charge in [-0.2, -0.15) is 5.10 Å². The van der Waals surface area contributed by atoms with E-state index in [9.17, 15) is 31.9 Å². The molecule has 3 aromatic rings. The highest BCUT2D eigenvalue weighted by Crippen LogP contribution is 2.29. The van der Waals surface area contributed by atoms with Gasteiger partial charge in [0.25, 0.3) is 5.91 Å². The van der Waals surface area contributed by atoms with Crippen molar-refractivity contribution < 1.29 is 36.7 Å². The molecule has 2 bridgehead atoms. The van der Waals surface area contributed by atoms with Crippen LogP contribution < -0.4 is 16.0 Å². The van der Waals surface area contributed by atoms with Crippen LogP contribution in [0.25, 0.3) is 5.69 Å². The summed E-state index contributed by atoms with van der Waals surface area (Å²) < 4.78 is 62.1. The Kier molecular flexibility index (Phi) is 11.8. The van der Waals surface area contributed by atoms with Gasteiger partial charge in [-0.3, -0.25) is 9.59 Å². The van der Waals surface area contributed by atoms with Crippen molar-refractivity contribution in [2.75, 3.05) is 18.4 Å². The Labute approximate surface area is 285 Å². The van der Waals surface area contributed by atoms with E-state index in [2.05, 4.69) is 21.0 Å². The van der Waals surface area contributed by atoms with E-state index in [4.69, 9.17) is 27.9 Å². The van der Waals surface area contributed by atoms with Crippen LogP contribution >= 0.6 is 23.2 Å². The SMILES string of the molecule is CC(C)(C)OC(=O)N(CC[C@@H]1Nc2cccc(c2)[C@@H](NC(=O)c2cnn(-c3cccc(Cl)c3F)c2Cl)CCCCCNC1=O)C(F)(F)F. The van der Waals surface area contributed by atoms with Crippen molar-refractivity contribution >= 4 is 46.8 Å². The fourth-order valence-electron chi connectivity index (χ4n) is 5.06. The zero-order valence-electron chi connectivity index (χ0n) is 26.5. The van der Waals surface area contributed by atoms with Gasteiger partial charge in [-0.25, -0.2) is 18.8 Å². The maximum absolute atomic E-state index is 14.6. The van der Waals surface area contributed by atoms with Crippen LogP contribution in [0.4, 0.5) is 28.0 Å². The molecule has 1 aliphatic heterocycles. The molecule has 3 amide bonds. The number of fused-ring (bicyclic) bond motifs is 2. The van der Waals surface area contributed by atoms with Gasteiger partial charge in [0.2, 0.25) is 5.91 Å². The summed E-state index contributed by atoms with van der Waals surface area (Å²) in [6.45, 7) is 3.80. The van der Waals surface area contributed by atoms with Crippen LogP contribution in [0.1, 0.15) is 74.8 Å². The molecular weight excluding hydrogens is 679 g/mol. The van der Waals surface area contributed by atoms with Crippen LogP contribution in [-0.4, -0.2) is 63.6 Å². The number of halogens is 6. The third-order valence-corrected chi connectivity index (χ3v) is 8.05. The summed E-state index contributed by atoms with van der Waals surface area (Å²) in [5, 5.41) is 12.5. The first kappa shape index (κ1) is 36.8. The summed E-state index contributed by atoms with van der Waals surface area (Å²) in [6.07, 6.45) is -3.33. The number of nitrogens with zero attached hydrogens (tertiary/aromatic N) is 3. The largest absolute Gasteiger partial charge is 0.489 e. The number of ether oxygens (including phenoxy) is 1. The predicted octanol–water partition coefficient (Wildman–Crippen LogP) is 7.41. The van der Waals surface area contributed by atoms with Crippen molar-refractivity contribution in [3.63, 3.8) is 0 Å². The molecule has 0 fully saturated rings. The number of aromatic nitrogens is 2. The number of benzene rings is 2. The zero-order valence-corrected chi connectivity index (χ0v) is 28.0. The Morgan fingerprint density at radius 2 is 1.83 bits per heavy atom. The molecule has 0 radical (unpaired) electrons. The van der Waals surface area contributed by atoms with E-state index in [0.29, 0.717) is 36.9 Å². The summed E-state index contributed by atoms with van der Waals surface area (Å²) in [6, 6.07) is 9.41. The van der Waals surface area contributed by atoms with Gasteiger partial charge in [0.15, 0.2) is 5.82 Å². The number of anilines is 1. The molecule has 4 rings (SSSR count). The molecule has 0 saturated heterocycles. The Morgan fingerprint density at radius 3 is 2.54 bits per heavy atom. The fraction of sp³-hybridized carbons (Fsp3) is 0.438. The minimum atomic E-state index is -5.03.